The molecule has 1 aliphatic heterocycles. The lowest BCUT2D eigenvalue weighted by Crippen LogP contribution is -2.43. The number of hydrogen-bond acceptors (Lipinski definition) is 7. The molecule has 1 saturated heterocycles. The van der Waals surface area contributed by atoms with Gasteiger partial charge in [0.1, 0.15) is 0 Å². The van der Waals surface area contributed by atoms with Crippen LogP contribution in [0.1, 0.15) is 29.6 Å². The number of amides is 1. The van der Waals surface area contributed by atoms with Crippen LogP contribution >= 0.6 is 0 Å². The van der Waals surface area contributed by atoms with E-state index in [9.17, 15) is 18.0 Å². The van der Waals surface area contributed by atoms with Gasteiger partial charge >= 0.3 is 5.97 Å². The van der Waals surface area contributed by atoms with Crippen LogP contribution in [0.5, 0.6) is 0 Å². The van der Waals surface area contributed by atoms with E-state index in [1.54, 1.807) is 19.2 Å². The van der Waals surface area contributed by atoms with Crippen molar-refractivity contribution < 1.29 is 32.2 Å². The van der Waals surface area contributed by atoms with Crippen LogP contribution in [0.3, 0.4) is 0 Å². The first-order chi connectivity index (χ1) is 14.4. The van der Waals surface area contributed by atoms with Crippen molar-refractivity contribution in [2.45, 2.75) is 24.2 Å². The van der Waals surface area contributed by atoms with Gasteiger partial charge in [-0.1, -0.05) is 12.1 Å². The second-order valence-electron chi connectivity index (χ2n) is 6.92. The van der Waals surface area contributed by atoms with Gasteiger partial charge in [0.05, 0.1) is 30.8 Å². The van der Waals surface area contributed by atoms with Crippen LogP contribution in [0.25, 0.3) is 0 Å². The largest absolute Gasteiger partial charge is 0.465 e. The van der Waals surface area contributed by atoms with Gasteiger partial charge in [0.25, 0.3) is 0 Å². The number of hydrogen-bond donors (Lipinski definition) is 1. The monoisotopic (exact) mass is 442 g/mol. The molecule has 168 valence electrons. The summed E-state index contributed by atoms with van der Waals surface area (Å²) in [5.41, 5.74) is 0.00702. The lowest BCUT2D eigenvalue weighted by atomic mass is 9.97. The molecular formula is C20H30N2O7S. The highest BCUT2D eigenvalue weighted by Crippen LogP contribution is 2.26. The summed E-state index contributed by atoms with van der Waals surface area (Å²) in [6, 6.07) is 5.98. The molecule has 1 aromatic carbocycles. The molecule has 0 aromatic heterocycles. The van der Waals surface area contributed by atoms with Gasteiger partial charge in [-0.25, -0.2) is 13.2 Å². The molecule has 0 bridgehead atoms. The van der Waals surface area contributed by atoms with E-state index in [4.69, 9.17) is 14.2 Å². The number of nitrogens with one attached hydrogen (secondary N) is 1. The standard InChI is InChI=1S/C20H30N2O7S/c1-27-14-15-29-13-5-10-21-19(23)16-8-11-22(12-9-16)30(25,26)18-7-4-3-6-17(18)20(24)28-2/h3-4,6-7,16H,5,8-15H2,1-2H3,(H,21,23). The molecule has 10 heteroatoms. The Hall–Kier alpha value is -2.01. The van der Waals surface area contributed by atoms with Gasteiger partial charge in [0.2, 0.25) is 15.9 Å². The molecule has 2 rings (SSSR count). The fourth-order valence-corrected chi connectivity index (χ4v) is 4.89. The molecule has 0 spiro atoms. The summed E-state index contributed by atoms with van der Waals surface area (Å²) in [6.07, 6.45) is 1.55. The Labute approximate surface area is 177 Å². The molecule has 0 unspecified atom stereocenters. The minimum atomic E-state index is -3.85. The highest BCUT2D eigenvalue weighted by Gasteiger charge is 2.34. The van der Waals surface area contributed by atoms with Gasteiger partial charge < -0.3 is 19.5 Å². The van der Waals surface area contributed by atoms with Crippen LogP contribution < -0.4 is 5.32 Å². The number of carbonyl (C=O) groups is 2. The SMILES string of the molecule is COCCOCCCNC(=O)C1CCN(S(=O)(=O)c2ccccc2C(=O)OC)CC1. The zero-order valence-corrected chi connectivity index (χ0v) is 18.3. The van der Waals surface area contributed by atoms with Gasteiger partial charge in [0.15, 0.2) is 0 Å². The van der Waals surface area contributed by atoms with Crippen LogP contribution in [0.4, 0.5) is 0 Å². The van der Waals surface area contributed by atoms with Crippen molar-refractivity contribution in [3.63, 3.8) is 0 Å². The summed E-state index contributed by atoms with van der Waals surface area (Å²) >= 11 is 0. The number of rotatable bonds is 11. The minimum absolute atomic E-state index is 0.00702. The number of nitrogens with zero attached hydrogens (tertiary/aromatic N) is 1. The van der Waals surface area contributed by atoms with E-state index in [2.05, 4.69) is 5.32 Å². The Kier molecular flexibility index (Phi) is 9.70. The molecule has 1 heterocycles. The van der Waals surface area contributed by atoms with Crippen molar-refractivity contribution in [3.8, 4) is 0 Å². The fraction of sp³-hybridized carbons (Fsp3) is 0.600. The summed E-state index contributed by atoms with van der Waals surface area (Å²) < 4.78 is 42.3. The second-order valence-corrected chi connectivity index (χ2v) is 8.82. The zero-order chi connectivity index (χ0) is 22.0. The molecule has 30 heavy (non-hydrogen) atoms. The van der Waals surface area contributed by atoms with Crippen molar-refractivity contribution in [2.75, 3.05) is 53.7 Å². The van der Waals surface area contributed by atoms with E-state index in [0.717, 1.165) is 0 Å². The number of ether oxygens (including phenoxy) is 3. The van der Waals surface area contributed by atoms with Crippen molar-refractivity contribution in [2.24, 2.45) is 5.92 Å². The van der Waals surface area contributed by atoms with E-state index >= 15 is 0 Å². The molecular weight excluding hydrogens is 412 g/mol. The molecule has 0 saturated carbocycles. The van der Waals surface area contributed by atoms with Gasteiger partial charge in [-0.2, -0.15) is 4.31 Å². The zero-order valence-electron chi connectivity index (χ0n) is 17.5. The van der Waals surface area contributed by atoms with Gasteiger partial charge in [0, 0.05) is 39.3 Å². The van der Waals surface area contributed by atoms with Crippen LogP contribution in [-0.2, 0) is 29.0 Å². The summed E-state index contributed by atoms with van der Waals surface area (Å²) in [5, 5.41) is 2.88. The van der Waals surface area contributed by atoms with Crippen LogP contribution in [0.2, 0.25) is 0 Å². The molecule has 1 aromatic rings. The topological polar surface area (TPSA) is 111 Å². The van der Waals surface area contributed by atoms with Gasteiger partial charge in [-0.05, 0) is 31.4 Å². The number of benzene rings is 1. The van der Waals surface area contributed by atoms with E-state index in [1.807, 2.05) is 0 Å². The minimum Gasteiger partial charge on any atom is -0.465 e. The molecule has 1 aliphatic rings. The highest BCUT2D eigenvalue weighted by molar-refractivity contribution is 7.89. The molecule has 0 atom stereocenters. The number of sulfonamides is 1. The highest BCUT2D eigenvalue weighted by atomic mass is 32.2. The van der Waals surface area contributed by atoms with Crippen LogP contribution in [-0.4, -0.2) is 78.3 Å². The average molecular weight is 443 g/mol. The Bertz CT molecular complexity index is 805. The van der Waals surface area contributed by atoms with Crippen molar-refractivity contribution >= 4 is 21.9 Å². The Balaban J connectivity index is 1.85. The smallest absolute Gasteiger partial charge is 0.339 e. The summed E-state index contributed by atoms with van der Waals surface area (Å²) in [5.74, 6) is -1.00. The number of piperidine rings is 1. The molecule has 0 radical (unpaired) electrons. The second kappa shape index (κ2) is 12.0. The Morgan fingerprint density at radius 2 is 1.80 bits per heavy atom. The molecule has 9 nitrogen and oxygen atoms in total. The first-order valence-electron chi connectivity index (χ1n) is 9.93. The number of carbonyl (C=O) groups excluding carboxylic acids is 2. The Morgan fingerprint density at radius 1 is 1.10 bits per heavy atom. The lowest BCUT2D eigenvalue weighted by Gasteiger charge is -2.31. The maximum Gasteiger partial charge on any atom is 0.339 e. The van der Waals surface area contributed by atoms with Crippen LogP contribution in [0, 0.1) is 5.92 Å². The number of methoxy groups -OCH3 is 2. The Morgan fingerprint density at radius 3 is 2.47 bits per heavy atom. The maximum atomic E-state index is 13.0. The van der Waals surface area contributed by atoms with Crippen molar-refractivity contribution in [1.29, 1.82) is 0 Å². The lowest BCUT2D eigenvalue weighted by molar-refractivity contribution is -0.126. The third-order valence-corrected chi connectivity index (χ3v) is 6.89. The normalized spacial score (nSPS) is 15.7. The third-order valence-electron chi connectivity index (χ3n) is 4.93. The molecule has 1 amide bonds. The quantitative estimate of drug-likeness (QED) is 0.403. The van der Waals surface area contributed by atoms with E-state index in [0.29, 0.717) is 45.6 Å². The average Bonchev–Trinajstić information content (AvgIpc) is 2.77. The maximum absolute atomic E-state index is 13.0. The van der Waals surface area contributed by atoms with E-state index in [-0.39, 0.29) is 35.4 Å². The number of esters is 1. The molecule has 1 N–H and O–H groups in total. The van der Waals surface area contributed by atoms with Gasteiger partial charge in [-0.3, -0.25) is 4.79 Å². The summed E-state index contributed by atoms with van der Waals surface area (Å²) in [6.45, 7) is 2.55. The van der Waals surface area contributed by atoms with Crippen molar-refractivity contribution in [1.82, 2.24) is 9.62 Å². The van der Waals surface area contributed by atoms with Gasteiger partial charge in [-0.15, -0.1) is 0 Å². The fourth-order valence-electron chi connectivity index (χ4n) is 3.24. The summed E-state index contributed by atoms with van der Waals surface area (Å²) in [7, 11) is -1.04. The predicted molar refractivity (Wildman–Crippen MR) is 110 cm³/mol. The van der Waals surface area contributed by atoms with Crippen LogP contribution in [0.15, 0.2) is 29.2 Å². The predicted octanol–water partition coefficient (Wildman–Crippen LogP) is 1.04. The molecule has 0 aliphatic carbocycles. The first-order valence-corrected chi connectivity index (χ1v) is 11.4. The first kappa shape index (κ1) is 24.3. The summed E-state index contributed by atoms with van der Waals surface area (Å²) in [4.78, 5) is 24.2. The van der Waals surface area contributed by atoms with Crippen molar-refractivity contribution in [3.05, 3.63) is 29.8 Å². The molecule has 1 fully saturated rings. The third kappa shape index (κ3) is 6.49. The van der Waals surface area contributed by atoms with E-state index < -0.39 is 16.0 Å². The van der Waals surface area contributed by atoms with E-state index in [1.165, 1.54) is 23.5 Å².